The minimum absolute atomic E-state index is 0.191. The fourth-order valence-electron chi connectivity index (χ4n) is 9.33. The van der Waals surface area contributed by atoms with Gasteiger partial charge >= 0.3 is 0 Å². The van der Waals surface area contributed by atoms with Crippen LogP contribution in [0.2, 0.25) is 0 Å². The predicted octanol–water partition coefficient (Wildman–Crippen LogP) is 3.41. The zero-order chi connectivity index (χ0) is 41.4. The average Bonchev–Trinajstić information content (AvgIpc) is 3.95. The summed E-state index contributed by atoms with van der Waals surface area (Å²) in [5.74, 6) is 3.60. The summed E-state index contributed by atoms with van der Waals surface area (Å²) in [6.07, 6.45) is 5.04. The summed E-state index contributed by atoms with van der Waals surface area (Å²) in [6.45, 7) is 37.5. The Bertz CT molecular complexity index is 1180. The third kappa shape index (κ3) is 11.9. The molecule has 8 aliphatic rings. The topological polar surface area (TPSA) is 129 Å². The molecule has 8 heterocycles. The molecule has 0 aromatic heterocycles. The lowest BCUT2D eigenvalue weighted by molar-refractivity contribution is -0.130. The van der Waals surface area contributed by atoms with E-state index in [2.05, 4.69) is 40.9 Å². The van der Waals surface area contributed by atoms with E-state index >= 15 is 0 Å². The molecule has 8 bridgehead atoms. The van der Waals surface area contributed by atoms with Crippen LogP contribution in [-0.2, 0) is 19.2 Å². The van der Waals surface area contributed by atoms with E-state index in [0.29, 0.717) is 47.8 Å². The number of hydrogen-bond acceptors (Lipinski definition) is 8. The Morgan fingerprint density at radius 2 is 0.518 bits per heavy atom. The van der Waals surface area contributed by atoms with Gasteiger partial charge in [0, 0.05) is 98.2 Å². The normalized spacial score (nSPS) is 36.1. The molecule has 320 valence electrons. The molecule has 8 aliphatic heterocycles. The molecule has 12 heteroatoms. The summed E-state index contributed by atoms with van der Waals surface area (Å²) >= 11 is 0. The monoisotopic (exact) mass is 785 g/mol. The molecule has 12 atom stereocenters. The first-order valence-corrected chi connectivity index (χ1v) is 22.0. The van der Waals surface area contributed by atoms with E-state index in [9.17, 15) is 19.2 Å². The lowest BCUT2D eigenvalue weighted by Crippen LogP contribution is -2.47. The van der Waals surface area contributed by atoms with Gasteiger partial charge in [-0.1, -0.05) is 83.1 Å². The van der Waals surface area contributed by atoms with Crippen LogP contribution in [0.4, 0.5) is 0 Å². The van der Waals surface area contributed by atoms with Gasteiger partial charge in [0.2, 0.25) is 23.6 Å². The minimum Gasteiger partial charge on any atom is -0.351 e. The number of rotatable bonds is 4. The lowest BCUT2D eigenvalue weighted by atomic mass is 9.93. The number of nitrogens with zero attached hydrogens (tertiary/aromatic N) is 4. The summed E-state index contributed by atoms with van der Waals surface area (Å²) in [5, 5.41) is 12.7. The predicted molar refractivity (Wildman–Crippen MR) is 224 cm³/mol. The van der Waals surface area contributed by atoms with E-state index in [0.717, 1.165) is 26.2 Å². The van der Waals surface area contributed by atoms with E-state index in [1.165, 1.54) is 78.0 Å². The Morgan fingerprint density at radius 1 is 0.339 bits per heavy atom. The molecule has 12 nitrogen and oxygen atoms in total. The molecule has 4 amide bonds. The third-order valence-electron chi connectivity index (χ3n) is 13.3. The van der Waals surface area contributed by atoms with Crippen LogP contribution in [0.1, 0.15) is 109 Å². The van der Waals surface area contributed by atoms with Gasteiger partial charge in [-0.15, -0.1) is 0 Å². The second-order valence-corrected chi connectivity index (χ2v) is 22.6. The van der Waals surface area contributed by atoms with Crippen LogP contribution in [0, 0.1) is 45.3 Å². The summed E-state index contributed by atoms with van der Waals surface area (Å²) in [4.78, 5) is 56.8. The molecule has 0 radical (unpaired) electrons. The maximum absolute atomic E-state index is 11.8. The van der Waals surface area contributed by atoms with Crippen molar-refractivity contribution in [3.8, 4) is 0 Å². The fourth-order valence-corrected chi connectivity index (χ4v) is 9.33. The molecule has 0 aliphatic carbocycles. The number of amides is 4. The molecule has 0 aromatic carbocycles. The van der Waals surface area contributed by atoms with Gasteiger partial charge in [-0.3, -0.25) is 19.2 Å². The summed E-state index contributed by atoms with van der Waals surface area (Å²) in [7, 11) is 0. The quantitative estimate of drug-likeness (QED) is 0.342. The van der Waals surface area contributed by atoms with Crippen molar-refractivity contribution in [3.05, 3.63) is 0 Å². The number of carbonyl (C=O) groups excluding carboxylic acids is 4. The maximum Gasteiger partial charge on any atom is 0.225 e. The molecule has 56 heavy (non-hydrogen) atoms. The lowest BCUT2D eigenvalue weighted by Gasteiger charge is -2.27. The van der Waals surface area contributed by atoms with Crippen LogP contribution in [0.15, 0.2) is 0 Å². The Morgan fingerprint density at radius 3 is 0.625 bits per heavy atom. The maximum atomic E-state index is 11.8. The van der Waals surface area contributed by atoms with Crippen molar-refractivity contribution in [2.75, 3.05) is 78.5 Å². The third-order valence-corrected chi connectivity index (χ3v) is 13.3. The number of nitrogens with one attached hydrogen (secondary N) is 4. The van der Waals surface area contributed by atoms with E-state index in [1.807, 2.05) is 83.1 Å². The van der Waals surface area contributed by atoms with Crippen molar-refractivity contribution in [1.29, 1.82) is 0 Å². The second kappa shape index (κ2) is 17.5. The highest BCUT2D eigenvalue weighted by molar-refractivity contribution is 5.83. The van der Waals surface area contributed by atoms with Gasteiger partial charge in [0.25, 0.3) is 0 Å². The molecular weight excluding hydrogens is 705 g/mol. The number of hydrogen-bond donors (Lipinski definition) is 4. The first-order valence-electron chi connectivity index (χ1n) is 22.0. The van der Waals surface area contributed by atoms with Crippen molar-refractivity contribution in [2.24, 2.45) is 45.3 Å². The van der Waals surface area contributed by atoms with Gasteiger partial charge < -0.3 is 40.9 Å². The molecule has 4 N–H and O–H groups in total. The van der Waals surface area contributed by atoms with E-state index < -0.39 is 0 Å². The van der Waals surface area contributed by atoms with Crippen molar-refractivity contribution in [1.82, 2.24) is 40.9 Å². The highest BCUT2D eigenvalue weighted by atomic mass is 16.2. The Kier molecular flexibility index (Phi) is 14.0. The Labute approximate surface area is 339 Å². The number of piperidine rings is 4. The summed E-state index contributed by atoms with van der Waals surface area (Å²) < 4.78 is 0. The minimum atomic E-state index is -0.253. The molecule has 8 saturated heterocycles. The van der Waals surface area contributed by atoms with Crippen LogP contribution in [0.25, 0.3) is 0 Å². The van der Waals surface area contributed by atoms with Gasteiger partial charge in [-0.05, 0) is 75.5 Å². The van der Waals surface area contributed by atoms with Crippen LogP contribution >= 0.6 is 0 Å². The largest absolute Gasteiger partial charge is 0.351 e. The van der Waals surface area contributed by atoms with Gasteiger partial charge in [0.05, 0.1) is 0 Å². The Hall–Kier alpha value is -2.28. The fraction of sp³-hybridized carbons (Fsp3) is 0.909. The van der Waals surface area contributed by atoms with Gasteiger partial charge in [0.15, 0.2) is 0 Å². The second-order valence-electron chi connectivity index (χ2n) is 22.6. The highest BCUT2D eigenvalue weighted by Gasteiger charge is 2.43. The van der Waals surface area contributed by atoms with Crippen molar-refractivity contribution >= 4 is 23.6 Å². The average molecular weight is 785 g/mol. The van der Waals surface area contributed by atoms with Crippen LogP contribution in [-0.4, -0.2) is 146 Å². The van der Waals surface area contributed by atoms with E-state index in [1.54, 1.807) is 0 Å². The summed E-state index contributed by atoms with van der Waals surface area (Å²) in [6, 6.07) is 1.65. The smallest absolute Gasteiger partial charge is 0.225 e. The summed E-state index contributed by atoms with van der Waals surface area (Å²) in [5.41, 5.74) is -1.01. The standard InChI is InChI=1S/4C11H20N2O/c4*1-11(2,3)10(14)12-9-7-13-5-4-8(9)6-13/h4*8-9H,4-7H2,1-3H3,(H,12,14)/t2*8-,9+;2*8-,9-/m1010/s1. The van der Waals surface area contributed by atoms with Gasteiger partial charge in [-0.2, -0.15) is 0 Å². The van der Waals surface area contributed by atoms with Crippen molar-refractivity contribution in [2.45, 2.75) is 133 Å². The van der Waals surface area contributed by atoms with Gasteiger partial charge in [-0.25, -0.2) is 0 Å². The molecule has 0 saturated carbocycles. The zero-order valence-electron chi connectivity index (χ0n) is 37.4. The molecule has 8 rings (SSSR count). The first-order chi connectivity index (χ1) is 25.9. The van der Waals surface area contributed by atoms with Crippen LogP contribution in [0.3, 0.4) is 0 Å². The van der Waals surface area contributed by atoms with Crippen molar-refractivity contribution < 1.29 is 19.2 Å². The highest BCUT2D eigenvalue weighted by Crippen LogP contribution is 2.31. The molecule has 4 unspecified atom stereocenters. The number of carbonyl (C=O) groups is 4. The SMILES string of the molecule is CC(C)(C)C(=O)N[C@@H]1CN2CC[C@@H]1C2.CC(C)(C)C(=O)N[C@@H]1CN2CC[C@H]1C2.CC(C)(C)C(=O)N[C@H]1CN2CC[C@@H]1C2.CC(C)(C)C(=O)N[C@H]1CN2CC[C@H]1C2. The zero-order valence-corrected chi connectivity index (χ0v) is 37.4. The molecule has 0 spiro atoms. The van der Waals surface area contributed by atoms with Gasteiger partial charge in [0.1, 0.15) is 0 Å². The molecule has 0 aromatic rings. The van der Waals surface area contributed by atoms with Crippen molar-refractivity contribution in [3.63, 3.8) is 0 Å². The van der Waals surface area contributed by atoms with Crippen LogP contribution < -0.4 is 21.3 Å². The number of fused-ring (bicyclic) bond motifs is 8. The van der Waals surface area contributed by atoms with E-state index in [-0.39, 0.29) is 45.3 Å². The molecule has 8 fully saturated rings. The van der Waals surface area contributed by atoms with E-state index in [4.69, 9.17) is 0 Å². The molecular formula is C44H80N8O4. The Balaban J connectivity index is 0.000000143. The first kappa shape index (κ1) is 44.8. The van der Waals surface area contributed by atoms with Crippen LogP contribution in [0.5, 0.6) is 0 Å².